The van der Waals surface area contributed by atoms with Crippen molar-refractivity contribution in [1.29, 1.82) is 0 Å². The van der Waals surface area contributed by atoms with Crippen molar-refractivity contribution in [2.24, 2.45) is 46.3 Å². The zero-order valence-corrected chi connectivity index (χ0v) is 24.3. The van der Waals surface area contributed by atoms with Gasteiger partial charge in [-0.25, -0.2) is 0 Å². The summed E-state index contributed by atoms with van der Waals surface area (Å²) in [6.07, 6.45) is 1.73. The van der Waals surface area contributed by atoms with Crippen molar-refractivity contribution in [3.8, 4) is 0 Å². The van der Waals surface area contributed by atoms with Gasteiger partial charge in [0.2, 0.25) is 0 Å². The number of esters is 1. The van der Waals surface area contributed by atoms with Crippen LogP contribution in [0.2, 0.25) is 0 Å². The van der Waals surface area contributed by atoms with Crippen LogP contribution < -0.4 is 0 Å². The van der Waals surface area contributed by atoms with Crippen LogP contribution in [-0.2, 0) is 34.0 Å². The van der Waals surface area contributed by atoms with E-state index in [4.69, 9.17) is 4.55 Å². The van der Waals surface area contributed by atoms with Gasteiger partial charge in [-0.05, 0) is 60.7 Å². The smallest absolute Gasteiger partial charge is 0.431 e. The normalized spacial score (nSPS) is 36.8. The van der Waals surface area contributed by atoms with E-state index in [1.165, 1.54) is 0 Å². The lowest BCUT2D eigenvalue weighted by Crippen LogP contribution is -2.60. The molecule has 4 aliphatic carbocycles. The fourth-order valence-corrected chi connectivity index (χ4v) is 9.12. The second-order valence-corrected chi connectivity index (χ2v) is 14.6. The Balaban J connectivity index is 1.37. The molecule has 41 heavy (non-hydrogen) atoms. The van der Waals surface area contributed by atoms with Crippen molar-refractivity contribution in [3.05, 3.63) is 0 Å². The van der Waals surface area contributed by atoms with Crippen molar-refractivity contribution in [3.63, 3.8) is 0 Å². The Kier molecular flexibility index (Phi) is 8.34. The van der Waals surface area contributed by atoms with Crippen molar-refractivity contribution in [2.75, 3.05) is 6.61 Å². The molecule has 232 valence electrons. The standard InChI is InChI=1S/C28H38F4O8S/c1-15(4-7-23(36)40-11-10-27(29,30)28(31,32)41(37,38)39)18-5-6-19-24-20(14-22(35)26(18,19)3)25(2)9-8-17(33)12-16(25)13-21(24)34/h15-16,18-20,24H,4-14H2,1-3H3,(H,37,38,39)/t15-,16?,18-,19-,20+,24+,25+,26-/m1/s1. The lowest BCUT2D eigenvalue weighted by atomic mass is 9.44. The fourth-order valence-electron chi connectivity index (χ4n) is 8.64. The van der Waals surface area contributed by atoms with E-state index in [2.05, 4.69) is 11.7 Å². The molecule has 0 bridgehead atoms. The summed E-state index contributed by atoms with van der Waals surface area (Å²) in [6.45, 7) is 4.74. The van der Waals surface area contributed by atoms with Gasteiger partial charge in [-0.15, -0.1) is 0 Å². The summed E-state index contributed by atoms with van der Waals surface area (Å²) in [6, 6.07) is 0. The molecule has 8 nitrogen and oxygen atoms in total. The van der Waals surface area contributed by atoms with E-state index in [9.17, 15) is 45.2 Å². The van der Waals surface area contributed by atoms with Crippen LogP contribution in [0, 0.1) is 46.3 Å². The van der Waals surface area contributed by atoms with Crippen LogP contribution >= 0.6 is 0 Å². The molecular weight excluding hydrogens is 572 g/mol. The average Bonchev–Trinajstić information content (AvgIpc) is 3.22. The molecule has 4 aliphatic rings. The number of Topliss-reactive ketones (excluding diaryl/α,β-unsaturated/α-hetero) is 3. The van der Waals surface area contributed by atoms with Crippen LogP contribution in [0.1, 0.15) is 85.0 Å². The molecule has 1 unspecified atom stereocenters. The summed E-state index contributed by atoms with van der Waals surface area (Å²) in [5.41, 5.74) is -1.00. The van der Waals surface area contributed by atoms with E-state index in [1.807, 2.05) is 13.8 Å². The number of hydrogen-bond donors (Lipinski definition) is 1. The zero-order valence-electron chi connectivity index (χ0n) is 23.5. The van der Waals surface area contributed by atoms with Crippen molar-refractivity contribution in [2.45, 2.75) is 96.2 Å². The van der Waals surface area contributed by atoms with Crippen LogP contribution in [0.15, 0.2) is 0 Å². The topological polar surface area (TPSA) is 132 Å². The van der Waals surface area contributed by atoms with Gasteiger partial charge in [-0.2, -0.15) is 26.0 Å². The van der Waals surface area contributed by atoms with Gasteiger partial charge < -0.3 is 4.74 Å². The van der Waals surface area contributed by atoms with Gasteiger partial charge in [0.1, 0.15) is 17.3 Å². The molecule has 0 aliphatic heterocycles. The second-order valence-electron chi connectivity index (χ2n) is 13.1. The average molecular weight is 611 g/mol. The first-order chi connectivity index (χ1) is 18.8. The number of rotatable bonds is 9. The predicted octanol–water partition coefficient (Wildman–Crippen LogP) is 5.04. The van der Waals surface area contributed by atoms with E-state index in [-0.39, 0.29) is 77.5 Å². The maximum atomic E-state index is 13.8. The molecule has 4 saturated carbocycles. The number of hydrogen-bond acceptors (Lipinski definition) is 7. The minimum absolute atomic E-state index is 0.0315. The van der Waals surface area contributed by atoms with Gasteiger partial charge >= 0.3 is 27.3 Å². The Morgan fingerprint density at radius 3 is 2.37 bits per heavy atom. The molecule has 4 fully saturated rings. The molecule has 1 N–H and O–H groups in total. The van der Waals surface area contributed by atoms with Crippen LogP contribution in [0.5, 0.6) is 0 Å². The highest BCUT2D eigenvalue weighted by molar-refractivity contribution is 7.87. The van der Waals surface area contributed by atoms with Gasteiger partial charge in [0.15, 0.2) is 0 Å². The van der Waals surface area contributed by atoms with Gasteiger partial charge in [-0.3, -0.25) is 23.7 Å². The Morgan fingerprint density at radius 1 is 1.07 bits per heavy atom. The third-order valence-electron chi connectivity index (χ3n) is 11.1. The summed E-state index contributed by atoms with van der Waals surface area (Å²) in [5.74, 6) is -6.51. The molecule has 0 amide bonds. The molecule has 13 heteroatoms. The molecule has 0 radical (unpaired) electrons. The van der Waals surface area contributed by atoms with Gasteiger partial charge in [0.05, 0.1) is 13.0 Å². The first-order valence-corrected chi connectivity index (χ1v) is 15.7. The predicted molar refractivity (Wildman–Crippen MR) is 136 cm³/mol. The first-order valence-electron chi connectivity index (χ1n) is 14.2. The molecule has 0 aromatic heterocycles. The van der Waals surface area contributed by atoms with E-state index < -0.39 is 45.7 Å². The highest BCUT2D eigenvalue weighted by atomic mass is 32.2. The molecule has 0 spiro atoms. The molecule has 4 rings (SSSR count). The number of carbonyl (C=O) groups is 4. The summed E-state index contributed by atoms with van der Waals surface area (Å²) in [4.78, 5) is 51.6. The van der Waals surface area contributed by atoms with Crippen molar-refractivity contribution < 1.29 is 54.4 Å². The van der Waals surface area contributed by atoms with E-state index in [1.54, 1.807) is 0 Å². The van der Waals surface area contributed by atoms with Crippen LogP contribution in [0.3, 0.4) is 0 Å². The quantitative estimate of drug-likeness (QED) is 0.218. The maximum Gasteiger partial charge on any atom is 0.431 e. The van der Waals surface area contributed by atoms with Crippen molar-refractivity contribution >= 4 is 33.4 Å². The molecular formula is C28H38F4O8S. The highest BCUT2D eigenvalue weighted by Crippen LogP contribution is 2.66. The van der Waals surface area contributed by atoms with E-state index >= 15 is 0 Å². The molecule has 0 heterocycles. The lowest BCUT2D eigenvalue weighted by Gasteiger charge is -2.58. The van der Waals surface area contributed by atoms with Gasteiger partial charge in [0, 0.05) is 43.4 Å². The summed E-state index contributed by atoms with van der Waals surface area (Å²) >= 11 is 0. The molecule has 8 atom stereocenters. The third-order valence-corrected chi connectivity index (χ3v) is 12.1. The fraction of sp³-hybridized carbons (Fsp3) is 0.857. The SMILES string of the molecule is C[C@H](CCC(=O)OCCC(F)(F)C(F)(F)S(=O)(=O)O)[C@H]1CC[C@@H]2[C@@H]3C(=O)CC4CC(=O)CC[C@]4(C)[C@H]3CC(=O)[C@@]21C. The maximum absolute atomic E-state index is 13.8. The van der Waals surface area contributed by atoms with E-state index in [0.717, 1.165) is 0 Å². The van der Waals surface area contributed by atoms with Crippen molar-refractivity contribution in [1.82, 2.24) is 0 Å². The molecule has 0 aromatic rings. The van der Waals surface area contributed by atoms with Crippen LogP contribution in [-0.4, -0.2) is 54.1 Å². The lowest BCUT2D eigenvalue weighted by molar-refractivity contribution is -0.174. The Bertz CT molecular complexity index is 1220. The molecule has 0 saturated heterocycles. The second kappa shape index (κ2) is 10.7. The van der Waals surface area contributed by atoms with Crippen LogP contribution in [0.25, 0.3) is 0 Å². The van der Waals surface area contributed by atoms with Crippen LogP contribution in [0.4, 0.5) is 17.6 Å². The number of halogens is 4. The number of ketones is 3. The summed E-state index contributed by atoms with van der Waals surface area (Å²) < 4.78 is 88.1. The summed E-state index contributed by atoms with van der Waals surface area (Å²) in [5, 5.41) is -5.73. The highest BCUT2D eigenvalue weighted by Gasteiger charge is 2.67. The van der Waals surface area contributed by atoms with Gasteiger partial charge in [0.25, 0.3) is 0 Å². The first kappa shape index (κ1) is 32.0. The number of carbonyl (C=O) groups excluding carboxylic acids is 4. The zero-order chi connectivity index (χ0) is 30.8. The monoisotopic (exact) mass is 610 g/mol. The number of ether oxygens (including phenoxy) is 1. The molecule has 0 aromatic carbocycles. The minimum Gasteiger partial charge on any atom is -0.465 e. The van der Waals surface area contributed by atoms with Gasteiger partial charge in [-0.1, -0.05) is 20.8 Å². The number of fused-ring (bicyclic) bond motifs is 5. The summed E-state index contributed by atoms with van der Waals surface area (Å²) in [7, 11) is -6.37. The minimum atomic E-state index is -6.37. The third kappa shape index (κ3) is 5.27. The Labute approximate surface area is 237 Å². The Morgan fingerprint density at radius 2 is 1.73 bits per heavy atom. The Hall–Kier alpha value is -1.89. The number of alkyl halides is 4. The van der Waals surface area contributed by atoms with E-state index in [0.29, 0.717) is 38.5 Å². The largest absolute Gasteiger partial charge is 0.465 e.